The summed E-state index contributed by atoms with van der Waals surface area (Å²) in [5, 5.41) is 7.19. The molecular weight excluding hydrogens is 408 g/mol. The van der Waals surface area contributed by atoms with E-state index in [1.807, 2.05) is 26.0 Å². The Morgan fingerprint density at radius 1 is 1.09 bits per heavy atom. The van der Waals surface area contributed by atoms with Crippen LogP contribution in [0.1, 0.15) is 53.1 Å². The van der Waals surface area contributed by atoms with E-state index in [0.29, 0.717) is 35.1 Å². The van der Waals surface area contributed by atoms with E-state index in [1.54, 1.807) is 18.3 Å². The number of nitrogens with one attached hydrogen (secondary N) is 1. The van der Waals surface area contributed by atoms with Crippen molar-refractivity contribution in [1.29, 1.82) is 0 Å². The van der Waals surface area contributed by atoms with Crippen LogP contribution in [0.15, 0.2) is 41.2 Å². The van der Waals surface area contributed by atoms with E-state index in [0.717, 1.165) is 29.7 Å². The van der Waals surface area contributed by atoms with Gasteiger partial charge in [-0.3, -0.25) is 9.78 Å². The molecule has 3 heterocycles. The third kappa shape index (κ3) is 4.65. The Balaban J connectivity index is 1.16. The van der Waals surface area contributed by atoms with Crippen molar-refractivity contribution >= 4 is 5.91 Å². The van der Waals surface area contributed by atoms with Gasteiger partial charge in [-0.15, -0.1) is 0 Å². The highest BCUT2D eigenvalue weighted by Crippen LogP contribution is 2.32. The number of carbonyl (C=O) groups excluding carboxylic acids is 1. The first-order chi connectivity index (χ1) is 15.5. The van der Waals surface area contributed by atoms with Gasteiger partial charge in [0.25, 0.3) is 5.91 Å². The van der Waals surface area contributed by atoms with Gasteiger partial charge in [0.1, 0.15) is 18.1 Å². The van der Waals surface area contributed by atoms with Crippen LogP contribution in [0.4, 0.5) is 0 Å². The summed E-state index contributed by atoms with van der Waals surface area (Å²) in [5.41, 5.74) is 3.86. The monoisotopic (exact) mass is 434 g/mol. The molecule has 5 rings (SSSR count). The molecular formula is C24H26N4O4. The molecule has 2 saturated carbocycles. The van der Waals surface area contributed by atoms with E-state index in [2.05, 4.69) is 20.4 Å². The van der Waals surface area contributed by atoms with E-state index in [1.165, 1.54) is 19.0 Å². The number of carbonyl (C=O) groups is 1. The molecule has 8 nitrogen and oxygen atoms in total. The van der Waals surface area contributed by atoms with Crippen molar-refractivity contribution in [2.45, 2.75) is 64.4 Å². The third-order valence-corrected chi connectivity index (χ3v) is 5.87. The Bertz CT molecular complexity index is 1080. The fourth-order valence-electron chi connectivity index (χ4n) is 3.68. The maximum Gasteiger partial charge on any atom is 0.253 e. The fourth-order valence-corrected chi connectivity index (χ4v) is 3.68. The van der Waals surface area contributed by atoms with Crippen LogP contribution < -0.4 is 10.1 Å². The zero-order valence-corrected chi connectivity index (χ0v) is 18.2. The van der Waals surface area contributed by atoms with Gasteiger partial charge in [-0.1, -0.05) is 5.16 Å². The van der Waals surface area contributed by atoms with E-state index in [4.69, 9.17) is 14.0 Å². The smallest absolute Gasteiger partial charge is 0.253 e. The summed E-state index contributed by atoms with van der Waals surface area (Å²) < 4.78 is 17.1. The summed E-state index contributed by atoms with van der Waals surface area (Å²) in [6.07, 6.45) is 8.17. The van der Waals surface area contributed by atoms with Crippen LogP contribution >= 0.6 is 0 Å². The second-order valence-corrected chi connectivity index (χ2v) is 8.53. The summed E-state index contributed by atoms with van der Waals surface area (Å²) in [5.74, 6) is 0.987. The SMILES string of the molecule is Cc1ccc(-c2noc(C)c2COc2ccc(C(=O)N[C@H]3C[C@@H](OC4CC4)C3)cn2)cn1. The molecule has 0 spiro atoms. The molecule has 32 heavy (non-hydrogen) atoms. The van der Waals surface area contributed by atoms with Gasteiger partial charge in [-0.2, -0.15) is 0 Å². The molecule has 2 aliphatic carbocycles. The predicted octanol–water partition coefficient (Wildman–Crippen LogP) is 3.77. The van der Waals surface area contributed by atoms with Gasteiger partial charge in [-0.25, -0.2) is 4.98 Å². The lowest BCUT2D eigenvalue weighted by molar-refractivity contribution is -0.0252. The summed E-state index contributed by atoms with van der Waals surface area (Å²) >= 11 is 0. The normalized spacial score (nSPS) is 19.9. The molecule has 0 bridgehead atoms. The van der Waals surface area contributed by atoms with Crippen molar-refractivity contribution in [2.24, 2.45) is 0 Å². The summed E-state index contributed by atoms with van der Waals surface area (Å²) in [6, 6.07) is 7.48. The average molecular weight is 434 g/mol. The highest BCUT2D eigenvalue weighted by atomic mass is 16.5. The van der Waals surface area contributed by atoms with E-state index < -0.39 is 0 Å². The third-order valence-electron chi connectivity index (χ3n) is 5.87. The minimum absolute atomic E-state index is 0.122. The molecule has 0 atom stereocenters. The summed E-state index contributed by atoms with van der Waals surface area (Å²) in [6.45, 7) is 4.03. The second kappa shape index (κ2) is 8.70. The second-order valence-electron chi connectivity index (χ2n) is 8.53. The van der Waals surface area contributed by atoms with Crippen molar-refractivity contribution in [2.75, 3.05) is 0 Å². The number of hydrogen-bond donors (Lipinski definition) is 1. The quantitative estimate of drug-likeness (QED) is 0.576. The number of aryl methyl sites for hydroxylation is 2. The number of aromatic nitrogens is 3. The first-order valence-corrected chi connectivity index (χ1v) is 11.0. The Morgan fingerprint density at radius 2 is 1.94 bits per heavy atom. The highest BCUT2D eigenvalue weighted by Gasteiger charge is 2.35. The molecule has 0 saturated heterocycles. The number of rotatable bonds is 8. The molecule has 2 fully saturated rings. The van der Waals surface area contributed by atoms with Crippen molar-refractivity contribution in [1.82, 2.24) is 20.4 Å². The van der Waals surface area contributed by atoms with Crippen molar-refractivity contribution in [3.63, 3.8) is 0 Å². The Morgan fingerprint density at radius 3 is 2.62 bits per heavy atom. The minimum Gasteiger partial charge on any atom is -0.473 e. The Kier molecular flexibility index (Phi) is 5.61. The van der Waals surface area contributed by atoms with Gasteiger partial charge in [0.15, 0.2) is 0 Å². The first kappa shape index (κ1) is 20.6. The molecule has 0 aliphatic heterocycles. The van der Waals surface area contributed by atoms with Crippen LogP contribution in [0.3, 0.4) is 0 Å². The maximum atomic E-state index is 12.5. The molecule has 166 valence electrons. The predicted molar refractivity (Wildman–Crippen MR) is 116 cm³/mol. The molecule has 0 radical (unpaired) electrons. The van der Waals surface area contributed by atoms with Gasteiger partial charge in [0.2, 0.25) is 5.88 Å². The minimum atomic E-state index is -0.122. The van der Waals surface area contributed by atoms with Crippen LogP contribution in [0.25, 0.3) is 11.3 Å². The average Bonchev–Trinajstić information content (AvgIpc) is 3.52. The van der Waals surface area contributed by atoms with Crippen molar-refractivity contribution in [3.8, 4) is 17.1 Å². The van der Waals surface area contributed by atoms with Gasteiger partial charge in [-0.05, 0) is 57.7 Å². The topological polar surface area (TPSA) is 99.4 Å². The van der Waals surface area contributed by atoms with Crippen LogP contribution in [-0.2, 0) is 11.3 Å². The molecule has 1 N–H and O–H groups in total. The molecule has 3 aromatic rings. The first-order valence-electron chi connectivity index (χ1n) is 11.0. The number of amides is 1. The van der Waals surface area contributed by atoms with E-state index >= 15 is 0 Å². The van der Waals surface area contributed by atoms with Gasteiger partial charge in [0.05, 0.1) is 23.3 Å². The largest absolute Gasteiger partial charge is 0.473 e. The maximum absolute atomic E-state index is 12.5. The lowest BCUT2D eigenvalue weighted by Gasteiger charge is -2.35. The summed E-state index contributed by atoms with van der Waals surface area (Å²) in [4.78, 5) is 21.1. The van der Waals surface area contributed by atoms with Crippen molar-refractivity contribution in [3.05, 3.63) is 59.2 Å². The molecule has 2 aliphatic rings. The van der Waals surface area contributed by atoms with Crippen LogP contribution in [0.2, 0.25) is 0 Å². The molecule has 1 amide bonds. The van der Waals surface area contributed by atoms with Crippen LogP contribution in [-0.4, -0.2) is 39.3 Å². The molecule has 0 unspecified atom stereocenters. The molecule has 3 aromatic heterocycles. The lowest BCUT2D eigenvalue weighted by Crippen LogP contribution is -2.48. The number of pyridine rings is 2. The van der Waals surface area contributed by atoms with Gasteiger partial charge in [0, 0.05) is 35.8 Å². The Labute approximate surface area is 186 Å². The van der Waals surface area contributed by atoms with Gasteiger partial charge < -0.3 is 19.3 Å². The van der Waals surface area contributed by atoms with Crippen molar-refractivity contribution < 1.29 is 18.8 Å². The molecule has 0 aromatic carbocycles. The standard InChI is InChI=1S/C24H26N4O4/c1-14-3-4-16(11-25-14)23-21(15(2)32-28-23)13-30-22-8-5-17(12-26-22)24(29)27-18-9-20(10-18)31-19-6-7-19/h3-5,8,11-12,18-20H,6-7,9-10,13H2,1-2H3,(H,27,29)/t18-,20+. The zero-order valence-electron chi connectivity index (χ0n) is 18.2. The highest BCUT2D eigenvalue weighted by molar-refractivity contribution is 5.94. The van der Waals surface area contributed by atoms with E-state index in [9.17, 15) is 4.79 Å². The molecule has 8 heteroatoms. The lowest BCUT2D eigenvalue weighted by atomic mass is 9.89. The summed E-state index contributed by atoms with van der Waals surface area (Å²) in [7, 11) is 0. The zero-order chi connectivity index (χ0) is 22.1. The van der Waals surface area contributed by atoms with Crippen LogP contribution in [0.5, 0.6) is 5.88 Å². The van der Waals surface area contributed by atoms with Gasteiger partial charge >= 0.3 is 0 Å². The fraction of sp³-hybridized carbons (Fsp3) is 0.417. The Hall–Kier alpha value is -3.26. The number of nitrogens with zero attached hydrogens (tertiary/aromatic N) is 3. The van der Waals surface area contributed by atoms with Crippen LogP contribution in [0, 0.1) is 13.8 Å². The number of hydrogen-bond acceptors (Lipinski definition) is 7. The van der Waals surface area contributed by atoms with E-state index in [-0.39, 0.29) is 18.6 Å². The number of ether oxygens (including phenoxy) is 2.